The number of fused-ring (bicyclic) bond motifs is 1. The van der Waals surface area contributed by atoms with Crippen molar-refractivity contribution in [2.75, 3.05) is 11.9 Å². The Balaban J connectivity index is 1.61. The van der Waals surface area contributed by atoms with Gasteiger partial charge >= 0.3 is 5.97 Å². The summed E-state index contributed by atoms with van der Waals surface area (Å²) in [7, 11) is 0. The fraction of sp³-hybridized carbons (Fsp3) is 0.0625. The highest BCUT2D eigenvalue weighted by molar-refractivity contribution is 6.02. The number of amides is 1. The van der Waals surface area contributed by atoms with Crippen molar-refractivity contribution < 1.29 is 23.1 Å². The summed E-state index contributed by atoms with van der Waals surface area (Å²) in [5, 5.41) is 2.49. The Bertz CT molecular complexity index is 858. The van der Waals surface area contributed by atoms with Gasteiger partial charge in [0.15, 0.2) is 18.6 Å². The molecule has 1 N–H and O–H groups in total. The minimum atomic E-state index is -0.682. The molecular formula is C16H11FN2O4. The highest BCUT2D eigenvalue weighted by Gasteiger charge is 2.15. The van der Waals surface area contributed by atoms with Gasteiger partial charge in [-0.05, 0) is 36.4 Å². The molecule has 0 aliphatic heterocycles. The van der Waals surface area contributed by atoms with Crippen molar-refractivity contribution in [3.05, 3.63) is 60.2 Å². The Hall–Kier alpha value is -3.22. The maximum atomic E-state index is 12.8. The maximum absolute atomic E-state index is 12.8. The van der Waals surface area contributed by atoms with Crippen molar-refractivity contribution in [2.45, 2.75) is 0 Å². The fourth-order valence-corrected chi connectivity index (χ4v) is 1.99. The molecule has 0 saturated heterocycles. The minimum absolute atomic E-state index is 0.214. The van der Waals surface area contributed by atoms with Gasteiger partial charge < -0.3 is 14.5 Å². The van der Waals surface area contributed by atoms with Gasteiger partial charge in [0.25, 0.3) is 5.91 Å². The third kappa shape index (κ3) is 3.34. The van der Waals surface area contributed by atoms with Crippen LogP contribution in [0, 0.1) is 5.82 Å². The third-order valence-corrected chi connectivity index (χ3v) is 3.04. The van der Waals surface area contributed by atoms with Gasteiger partial charge in [-0.25, -0.2) is 14.2 Å². The summed E-state index contributed by atoms with van der Waals surface area (Å²) in [6.07, 6.45) is 1.22. The molecule has 0 radical (unpaired) electrons. The van der Waals surface area contributed by atoms with Gasteiger partial charge in [0.2, 0.25) is 0 Å². The number of halogens is 1. The monoisotopic (exact) mass is 314 g/mol. The van der Waals surface area contributed by atoms with E-state index in [1.807, 2.05) is 0 Å². The molecule has 3 rings (SSSR count). The molecule has 6 nitrogen and oxygen atoms in total. The summed E-state index contributed by atoms with van der Waals surface area (Å²) in [6, 6.07) is 10.1. The van der Waals surface area contributed by atoms with E-state index in [1.165, 1.54) is 36.7 Å². The molecule has 0 atom stereocenters. The SMILES string of the molecule is O=C(COC(=O)c1cccc2ocnc12)Nc1ccc(F)cc1. The Morgan fingerprint density at radius 2 is 1.96 bits per heavy atom. The smallest absolute Gasteiger partial charge is 0.340 e. The van der Waals surface area contributed by atoms with E-state index in [2.05, 4.69) is 10.3 Å². The molecule has 0 unspecified atom stereocenters. The van der Waals surface area contributed by atoms with E-state index in [0.717, 1.165) is 0 Å². The first-order valence-corrected chi connectivity index (χ1v) is 6.68. The van der Waals surface area contributed by atoms with Gasteiger partial charge in [-0.1, -0.05) is 6.07 Å². The van der Waals surface area contributed by atoms with E-state index in [4.69, 9.17) is 9.15 Å². The predicted octanol–water partition coefficient (Wildman–Crippen LogP) is 2.76. The summed E-state index contributed by atoms with van der Waals surface area (Å²) < 4.78 is 22.8. The number of hydrogen-bond donors (Lipinski definition) is 1. The zero-order valence-electron chi connectivity index (χ0n) is 11.8. The van der Waals surface area contributed by atoms with Gasteiger partial charge in [-0.15, -0.1) is 0 Å². The molecule has 7 heteroatoms. The van der Waals surface area contributed by atoms with Crippen molar-refractivity contribution in [2.24, 2.45) is 0 Å². The molecule has 1 aromatic heterocycles. The fourth-order valence-electron chi connectivity index (χ4n) is 1.99. The number of ether oxygens (including phenoxy) is 1. The van der Waals surface area contributed by atoms with Crippen LogP contribution < -0.4 is 5.32 Å². The van der Waals surface area contributed by atoms with Crippen LogP contribution in [0.25, 0.3) is 11.1 Å². The highest BCUT2D eigenvalue weighted by atomic mass is 19.1. The number of aromatic nitrogens is 1. The molecular weight excluding hydrogens is 303 g/mol. The van der Waals surface area contributed by atoms with E-state index < -0.39 is 24.3 Å². The van der Waals surface area contributed by atoms with E-state index >= 15 is 0 Å². The van der Waals surface area contributed by atoms with Crippen LogP contribution in [0.4, 0.5) is 10.1 Å². The van der Waals surface area contributed by atoms with Crippen LogP contribution in [0.15, 0.2) is 53.3 Å². The number of nitrogens with one attached hydrogen (secondary N) is 1. The van der Waals surface area contributed by atoms with Crippen LogP contribution in [-0.4, -0.2) is 23.5 Å². The molecule has 2 aromatic carbocycles. The summed E-state index contributed by atoms with van der Waals surface area (Å²) in [5.41, 5.74) is 1.45. The zero-order chi connectivity index (χ0) is 16.2. The number of benzene rings is 2. The number of hydrogen-bond acceptors (Lipinski definition) is 5. The first-order chi connectivity index (χ1) is 11.1. The van der Waals surface area contributed by atoms with E-state index in [1.54, 1.807) is 12.1 Å². The number of anilines is 1. The summed E-state index contributed by atoms with van der Waals surface area (Å²) in [4.78, 5) is 27.7. The van der Waals surface area contributed by atoms with Crippen molar-refractivity contribution >= 4 is 28.7 Å². The van der Waals surface area contributed by atoms with Gasteiger partial charge in [0, 0.05) is 5.69 Å². The molecule has 0 aliphatic carbocycles. The number of esters is 1. The number of oxazole rings is 1. The lowest BCUT2D eigenvalue weighted by Gasteiger charge is -2.06. The largest absolute Gasteiger partial charge is 0.452 e. The summed E-state index contributed by atoms with van der Waals surface area (Å²) >= 11 is 0. The molecule has 116 valence electrons. The average molecular weight is 314 g/mol. The summed E-state index contributed by atoms with van der Waals surface area (Å²) in [5.74, 6) is -1.62. The topological polar surface area (TPSA) is 81.4 Å². The number of carbonyl (C=O) groups excluding carboxylic acids is 2. The van der Waals surface area contributed by atoms with Crippen molar-refractivity contribution in [1.29, 1.82) is 0 Å². The summed E-state index contributed by atoms with van der Waals surface area (Å²) in [6.45, 7) is -0.468. The number of rotatable bonds is 4. The van der Waals surface area contributed by atoms with Gasteiger partial charge in [-0.3, -0.25) is 4.79 Å². The van der Waals surface area contributed by atoms with Gasteiger partial charge in [0.1, 0.15) is 11.3 Å². The third-order valence-electron chi connectivity index (χ3n) is 3.04. The zero-order valence-corrected chi connectivity index (χ0v) is 11.8. The van der Waals surface area contributed by atoms with Crippen molar-refractivity contribution in [1.82, 2.24) is 4.98 Å². The average Bonchev–Trinajstić information content (AvgIpc) is 3.03. The first kappa shape index (κ1) is 14.7. The van der Waals surface area contributed by atoms with Crippen LogP contribution in [-0.2, 0) is 9.53 Å². The van der Waals surface area contributed by atoms with Crippen LogP contribution in [0.3, 0.4) is 0 Å². The minimum Gasteiger partial charge on any atom is -0.452 e. The lowest BCUT2D eigenvalue weighted by Crippen LogP contribution is -2.21. The van der Waals surface area contributed by atoms with Crippen LogP contribution in [0.1, 0.15) is 10.4 Å². The Morgan fingerprint density at radius 1 is 1.17 bits per heavy atom. The van der Waals surface area contributed by atoms with E-state index in [0.29, 0.717) is 16.8 Å². The Labute approximate surface area is 129 Å². The van der Waals surface area contributed by atoms with Crippen molar-refractivity contribution in [3.63, 3.8) is 0 Å². The Morgan fingerprint density at radius 3 is 2.74 bits per heavy atom. The van der Waals surface area contributed by atoms with Crippen LogP contribution in [0.5, 0.6) is 0 Å². The van der Waals surface area contributed by atoms with Gasteiger partial charge in [0.05, 0.1) is 5.56 Å². The second-order valence-corrected chi connectivity index (χ2v) is 4.64. The molecule has 0 aliphatic rings. The quantitative estimate of drug-likeness (QED) is 0.749. The molecule has 0 fully saturated rings. The lowest BCUT2D eigenvalue weighted by atomic mass is 10.2. The molecule has 23 heavy (non-hydrogen) atoms. The lowest BCUT2D eigenvalue weighted by molar-refractivity contribution is -0.119. The second kappa shape index (κ2) is 6.27. The predicted molar refractivity (Wildman–Crippen MR) is 79.3 cm³/mol. The molecule has 3 aromatic rings. The maximum Gasteiger partial charge on any atom is 0.340 e. The standard InChI is InChI=1S/C16H11FN2O4/c17-10-4-6-11(7-5-10)19-14(20)8-22-16(21)12-2-1-3-13-15(12)18-9-23-13/h1-7,9H,8H2,(H,19,20). The van der Waals surface area contributed by atoms with E-state index in [9.17, 15) is 14.0 Å². The molecule has 0 bridgehead atoms. The van der Waals surface area contributed by atoms with Gasteiger partial charge in [-0.2, -0.15) is 0 Å². The molecule has 0 spiro atoms. The first-order valence-electron chi connectivity index (χ1n) is 6.68. The van der Waals surface area contributed by atoms with Crippen molar-refractivity contribution in [3.8, 4) is 0 Å². The normalized spacial score (nSPS) is 10.5. The van der Waals surface area contributed by atoms with Crippen LogP contribution >= 0.6 is 0 Å². The Kier molecular flexibility index (Phi) is 4.01. The highest BCUT2D eigenvalue weighted by Crippen LogP contribution is 2.17. The molecule has 0 saturated carbocycles. The molecule has 1 amide bonds. The second-order valence-electron chi connectivity index (χ2n) is 4.64. The van der Waals surface area contributed by atoms with E-state index in [-0.39, 0.29) is 5.56 Å². The number of para-hydroxylation sites is 1. The molecule has 1 heterocycles. The number of carbonyl (C=O) groups is 2. The van der Waals surface area contributed by atoms with Crippen LogP contribution in [0.2, 0.25) is 0 Å². The number of nitrogens with zero attached hydrogens (tertiary/aromatic N) is 1.